The Kier molecular flexibility index (Phi) is 6.61. The summed E-state index contributed by atoms with van der Waals surface area (Å²) in [5.41, 5.74) is -4.10. The summed E-state index contributed by atoms with van der Waals surface area (Å²) >= 11 is 0. The number of allylic oxidation sites excluding steroid dienone is 3. The maximum absolute atomic E-state index is 14.6. The van der Waals surface area contributed by atoms with E-state index in [2.05, 4.69) is 59.9 Å². The molecule has 6 heteroatoms. The average Bonchev–Trinajstić information content (AvgIpc) is 2.89. The van der Waals surface area contributed by atoms with E-state index in [-0.39, 0.29) is 45.7 Å². The van der Waals surface area contributed by atoms with Crippen LogP contribution < -0.4 is 5.32 Å². The van der Waals surface area contributed by atoms with Gasteiger partial charge in [-0.2, -0.15) is 5.26 Å². The number of nitrogens with zero attached hydrogens (tertiary/aromatic N) is 1. The van der Waals surface area contributed by atoms with Crippen molar-refractivity contribution in [1.29, 1.82) is 5.26 Å². The molecule has 1 amide bonds. The van der Waals surface area contributed by atoms with E-state index in [0.29, 0.717) is 19.4 Å². The molecule has 2 N–H and O–H groups in total. The van der Waals surface area contributed by atoms with Gasteiger partial charge in [-0.05, 0) is 78.8 Å². The molecule has 42 heavy (non-hydrogen) atoms. The van der Waals surface area contributed by atoms with Crippen LogP contribution in [0.3, 0.4) is 0 Å². The minimum Gasteiger partial charge on any atom is -0.381 e. The predicted octanol–water partition coefficient (Wildman–Crippen LogP) is 6.48. The van der Waals surface area contributed by atoms with Crippen molar-refractivity contribution in [2.75, 3.05) is 6.54 Å². The number of carbonyl (C=O) groups excluding carboxylic acids is 3. The molecule has 0 spiro atoms. The van der Waals surface area contributed by atoms with Gasteiger partial charge in [-0.25, -0.2) is 0 Å². The maximum atomic E-state index is 14.6. The largest absolute Gasteiger partial charge is 0.381 e. The van der Waals surface area contributed by atoms with E-state index in [0.717, 1.165) is 37.7 Å². The molecule has 5 aliphatic rings. The van der Waals surface area contributed by atoms with Gasteiger partial charge in [0, 0.05) is 34.1 Å². The number of nitriles is 1. The summed E-state index contributed by atoms with van der Waals surface area (Å²) in [4.78, 5) is 41.5. The van der Waals surface area contributed by atoms with Crippen LogP contribution >= 0.6 is 0 Å². The van der Waals surface area contributed by atoms with E-state index in [1.165, 1.54) is 0 Å². The van der Waals surface area contributed by atoms with Gasteiger partial charge in [-0.3, -0.25) is 14.4 Å². The van der Waals surface area contributed by atoms with Gasteiger partial charge in [0.15, 0.2) is 11.6 Å². The minimum atomic E-state index is -1.62. The van der Waals surface area contributed by atoms with Crippen LogP contribution in [0.25, 0.3) is 0 Å². The summed E-state index contributed by atoms with van der Waals surface area (Å²) in [6.45, 7) is 21.4. The molecule has 0 radical (unpaired) electrons. The molecule has 3 fully saturated rings. The van der Waals surface area contributed by atoms with E-state index in [9.17, 15) is 24.8 Å². The molecule has 5 rings (SSSR count). The standard InChI is InChI=1S/C36H52N2O4/c1-29(2,3)21-38-28(41)32(7)14-13-31(6)15-16-35(10)34(9)12-11-23-30(4,5)27(40)22(20-37)18-33(23,8)24(34)17-26(39)36(35,42)25(31)19-32/h17-18,23,25,42H,11-16,19,21H2,1-10H3,(H,38,41). The third-order valence-corrected chi connectivity index (χ3v) is 13.6. The summed E-state index contributed by atoms with van der Waals surface area (Å²) in [5, 5.41) is 26.1. The Morgan fingerprint density at radius 2 is 1.62 bits per heavy atom. The lowest BCUT2D eigenvalue weighted by atomic mass is 9.33. The molecule has 0 aromatic carbocycles. The lowest BCUT2D eigenvalue weighted by Gasteiger charge is -2.71. The first-order chi connectivity index (χ1) is 19.1. The minimum absolute atomic E-state index is 0.0114. The van der Waals surface area contributed by atoms with Gasteiger partial charge in [0.1, 0.15) is 11.7 Å². The van der Waals surface area contributed by atoms with Crippen molar-refractivity contribution < 1.29 is 19.5 Å². The number of hydrogen-bond acceptors (Lipinski definition) is 5. The van der Waals surface area contributed by atoms with Crippen LogP contribution in [0.15, 0.2) is 23.3 Å². The topological polar surface area (TPSA) is 107 Å². The fraction of sp³-hybridized carbons (Fsp3) is 0.778. The van der Waals surface area contributed by atoms with Gasteiger partial charge >= 0.3 is 0 Å². The lowest BCUT2D eigenvalue weighted by molar-refractivity contribution is -0.242. The number of carbonyl (C=O) groups is 3. The molecular formula is C36H52N2O4. The Bertz CT molecular complexity index is 1360. The monoisotopic (exact) mass is 576 g/mol. The Morgan fingerprint density at radius 3 is 2.21 bits per heavy atom. The fourth-order valence-electron chi connectivity index (χ4n) is 10.5. The highest BCUT2D eigenvalue weighted by Crippen LogP contribution is 2.75. The maximum Gasteiger partial charge on any atom is 0.225 e. The SMILES string of the molecule is CC(C)(C)CNC(=O)C1(C)CCC2(C)CCC3(C)C4(C)CCC5C(C)(C)C(=O)C(C#N)=CC5(C)C4=CC(=O)C3(O)C2C1. The predicted molar refractivity (Wildman–Crippen MR) is 163 cm³/mol. The smallest absolute Gasteiger partial charge is 0.225 e. The number of amides is 1. The van der Waals surface area contributed by atoms with Gasteiger partial charge in [-0.15, -0.1) is 0 Å². The van der Waals surface area contributed by atoms with Crippen LogP contribution in [-0.4, -0.2) is 34.7 Å². The summed E-state index contributed by atoms with van der Waals surface area (Å²) < 4.78 is 0. The number of Topliss-reactive ketones (excluding diaryl/α,β-unsaturated/α-hetero) is 1. The quantitative estimate of drug-likeness (QED) is 0.391. The summed E-state index contributed by atoms with van der Waals surface area (Å²) in [7, 11) is 0. The van der Waals surface area contributed by atoms with Crippen LogP contribution in [0.5, 0.6) is 0 Å². The zero-order valence-electron chi connectivity index (χ0n) is 27.6. The van der Waals surface area contributed by atoms with Crippen LogP contribution in [0, 0.1) is 61.1 Å². The first-order valence-electron chi connectivity index (χ1n) is 16.0. The second kappa shape index (κ2) is 8.90. The molecule has 0 heterocycles. The van der Waals surface area contributed by atoms with Gasteiger partial charge in [0.2, 0.25) is 5.91 Å². The van der Waals surface area contributed by atoms with E-state index in [1.807, 2.05) is 26.8 Å². The second-order valence-corrected chi connectivity index (χ2v) is 17.7. The number of nitrogens with one attached hydrogen (secondary N) is 1. The van der Waals surface area contributed by atoms with Gasteiger partial charge < -0.3 is 10.4 Å². The Labute approximate surface area is 252 Å². The summed E-state index contributed by atoms with van der Waals surface area (Å²) in [5.74, 6) is -0.783. The van der Waals surface area contributed by atoms with Crippen molar-refractivity contribution in [3.8, 4) is 6.07 Å². The zero-order chi connectivity index (χ0) is 31.5. The molecule has 0 aromatic heterocycles. The third kappa shape index (κ3) is 3.80. The Balaban J connectivity index is 1.63. The molecule has 0 aliphatic heterocycles. The second-order valence-electron chi connectivity index (χ2n) is 17.7. The third-order valence-electron chi connectivity index (χ3n) is 13.6. The number of rotatable bonds is 2. The molecule has 230 valence electrons. The number of fused-ring (bicyclic) bond motifs is 7. The van der Waals surface area contributed by atoms with Crippen molar-refractivity contribution >= 4 is 17.5 Å². The molecule has 3 saturated carbocycles. The van der Waals surface area contributed by atoms with Gasteiger partial charge in [0.05, 0.1) is 5.57 Å². The molecule has 0 aromatic rings. The molecule has 8 atom stereocenters. The van der Waals surface area contributed by atoms with Crippen molar-refractivity contribution in [3.05, 3.63) is 23.3 Å². The van der Waals surface area contributed by atoms with Crippen molar-refractivity contribution in [1.82, 2.24) is 5.32 Å². The van der Waals surface area contributed by atoms with Crippen molar-refractivity contribution in [3.63, 3.8) is 0 Å². The Morgan fingerprint density at radius 1 is 1.00 bits per heavy atom. The van der Waals surface area contributed by atoms with Gasteiger partial charge in [-0.1, -0.05) is 75.3 Å². The van der Waals surface area contributed by atoms with Gasteiger partial charge in [0.25, 0.3) is 0 Å². The van der Waals surface area contributed by atoms with Crippen LogP contribution in [-0.2, 0) is 14.4 Å². The first-order valence-corrected chi connectivity index (χ1v) is 16.0. The molecule has 6 nitrogen and oxygen atoms in total. The van der Waals surface area contributed by atoms with E-state index >= 15 is 0 Å². The molecule has 5 aliphatic carbocycles. The summed E-state index contributed by atoms with van der Waals surface area (Å²) in [6, 6.07) is 2.15. The molecule has 0 bridgehead atoms. The van der Waals surface area contributed by atoms with Crippen molar-refractivity contribution in [2.24, 2.45) is 49.7 Å². The first kappa shape index (κ1) is 31.2. The normalized spacial score (nSPS) is 46.1. The molecular weight excluding hydrogens is 524 g/mol. The number of hydrogen-bond donors (Lipinski definition) is 2. The van der Waals surface area contributed by atoms with Crippen LogP contribution in [0.4, 0.5) is 0 Å². The lowest BCUT2D eigenvalue weighted by Crippen LogP contribution is -2.74. The Hall–Kier alpha value is -2.26. The average molecular weight is 577 g/mol. The highest BCUT2D eigenvalue weighted by molar-refractivity contribution is 6.05. The van der Waals surface area contributed by atoms with Crippen LogP contribution in [0.1, 0.15) is 114 Å². The highest BCUT2D eigenvalue weighted by atomic mass is 16.3. The van der Waals surface area contributed by atoms with Crippen LogP contribution in [0.2, 0.25) is 0 Å². The fourth-order valence-corrected chi connectivity index (χ4v) is 10.5. The summed E-state index contributed by atoms with van der Waals surface area (Å²) in [6.07, 6.45) is 8.66. The van der Waals surface area contributed by atoms with E-state index in [4.69, 9.17) is 0 Å². The van der Waals surface area contributed by atoms with E-state index < -0.39 is 32.7 Å². The highest BCUT2D eigenvalue weighted by Gasteiger charge is 2.75. The van der Waals surface area contributed by atoms with Crippen molar-refractivity contribution in [2.45, 2.75) is 120 Å². The number of aliphatic hydroxyl groups is 1. The zero-order valence-corrected chi connectivity index (χ0v) is 27.6. The molecule has 0 saturated heterocycles. The van der Waals surface area contributed by atoms with E-state index in [1.54, 1.807) is 6.08 Å². The molecule has 8 unspecified atom stereocenters. The number of ketones is 2.